The Kier molecular flexibility index (Phi) is 3.58. The molecule has 116 valence electrons. The van der Waals surface area contributed by atoms with Gasteiger partial charge in [-0.25, -0.2) is 13.2 Å². The van der Waals surface area contributed by atoms with E-state index in [2.05, 4.69) is 5.32 Å². The van der Waals surface area contributed by atoms with Crippen LogP contribution >= 0.6 is 0 Å². The maximum absolute atomic E-state index is 12.7. The van der Waals surface area contributed by atoms with Crippen LogP contribution in [-0.4, -0.2) is 48.3 Å². The third kappa shape index (κ3) is 2.42. The van der Waals surface area contributed by atoms with E-state index in [0.717, 1.165) is 10.4 Å². The fourth-order valence-electron chi connectivity index (χ4n) is 2.25. The standard InChI is InChI=1S/C12H16N2O6S/c1-7-9(6-8(20-7)10(15)16)21(18,19)14-5-4-13-11(17)12(14,2)3/h6H,4-5H2,1-3H3,(H,13,17)(H,15,16). The molecule has 1 saturated heterocycles. The lowest BCUT2D eigenvalue weighted by Gasteiger charge is -2.39. The highest BCUT2D eigenvalue weighted by Gasteiger charge is 2.46. The lowest BCUT2D eigenvalue weighted by Crippen LogP contribution is -2.63. The molecule has 0 aromatic carbocycles. The quantitative estimate of drug-likeness (QED) is 0.822. The van der Waals surface area contributed by atoms with Crippen molar-refractivity contribution in [3.63, 3.8) is 0 Å². The molecule has 1 fully saturated rings. The van der Waals surface area contributed by atoms with Crippen molar-refractivity contribution in [3.05, 3.63) is 17.6 Å². The van der Waals surface area contributed by atoms with Crippen molar-refractivity contribution in [1.82, 2.24) is 9.62 Å². The summed E-state index contributed by atoms with van der Waals surface area (Å²) in [6, 6.07) is 0.968. The van der Waals surface area contributed by atoms with Crippen molar-refractivity contribution in [2.45, 2.75) is 31.2 Å². The zero-order chi connectivity index (χ0) is 16.0. The average molecular weight is 316 g/mol. The van der Waals surface area contributed by atoms with Gasteiger partial charge in [0.15, 0.2) is 0 Å². The van der Waals surface area contributed by atoms with Crippen molar-refractivity contribution in [2.75, 3.05) is 13.1 Å². The smallest absolute Gasteiger partial charge is 0.371 e. The van der Waals surface area contributed by atoms with Gasteiger partial charge in [-0.1, -0.05) is 0 Å². The van der Waals surface area contributed by atoms with E-state index in [0.29, 0.717) is 0 Å². The van der Waals surface area contributed by atoms with Crippen LogP contribution in [0.1, 0.15) is 30.2 Å². The van der Waals surface area contributed by atoms with Gasteiger partial charge in [-0.15, -0.1) is 0 Å². The molecule has 2 N–H and O–H groups in total. The number of carbonyl (C=O) groups excluding carboxylic acids is 1. The summed E-state index contributed by atoms with van der Waals surface area (Å²) in [5.41, 5.74) is -1.26. The summed E-state index contributed by atoms with van der Waals surface area (Å²) in [6.07, 6.45) is 0. The molecule has 0 spiro atoms. The van der Waals surface area contributed by atoms with E-state index in [4.69, 9.17) is 9.52 Å². The van der Waals surface area contributed by atoms with E-state index in [-0.39, 0.29) is 23.7 Å². The summed E-state index contributed by atoms with van der Waals surface area (Å²) < 4.78 is 31.4. The number of piperazine rings is 1. The number of sulfonamides is 1. The summed E-state index contributed by atoms with van der Waals surface area (Å²) in [6.45, 7) is 4.66. The van der Waals surface area contributed by atoms with Crippen LogP contribution in [0.5, 0.6) is 0 Å². The molecule has 1 aliphatic rings. The van der Waals surface area contributed by atoms with Gasteiger partial charge in [-0.3, -0.25) is 4.79 Å². The molecule has 21 heavy (non-hydrogen) atoms. The second-order valence-corrected chi connectivity index (χ2v) is 7.06. The number of aromatic carboxylic acids is 1. The van der Waals surface area contributed by atoms with Crippen LogP contribution < -0.4 is 5.32 Å². The maximum Gasteiger partial charge on any atom is 0.371 e. The molecule has 0 aliphatic carbocycles. The monoisotopic (exact) mass is 316 g/mol. The summed E-state index contributed by atoms with van der Waals surface area (Å²) in [7, 11) is -4.03. The number of rotatable bonds is 3. The lowest BCUT2D eigenvalue weighted by molar-refractivity contribution is -0.131. The number of carboxylic acids is 1. The fraction of sp³-hybridized carbons (Fsp3) is 0.500. The van der Waals surface area contributed by atoms with E-state index in [1.165, 1.54) is 20.8 Å². The lowest BCUT2D eigenvalue weighted by atomic mass is 10.0. The van der Waals surface area contributed by atoms with Gasteiger partial charge in [-0.2, -0.15) is 4.31 Å². The molecule has 0 bridgehead atoms. The van der Waals surface area contributed by atoms with Crippen LogP contribution in [-0.2, 0) is 14.8 Å². The minimum atomic E-state index is -4.03. The summed E-state index contributed by atoms with van der Waals surface area (Å²) >= 11 is 0. The van der Waals surface area contributed by atoms with Crippen LogP contribution in [0.3, 0.4) is 0 Å². The second-order valence-electron chi connectivity index (χ2n) is 5.23. The predicted molar refractivity (Wildman–Crippen MR) is 71.4 cm³/mol. The molecule has 2 heterocycles. The zero-order valence-electron chi connectivity index (χ0n) is 11.8. The molecule has 2 rings (SSSR count). The number of carboxylic acid groups (broad SMARTS) is 1. The molecular weight excluding hydrogens is 300 g/mol. The molecule has 0 saturated carbocycles. The average Bonchev–Trinajstić information content (AvgIpc) is 2.75. The molecule has 1 aromatic heterocycles. The number of aryl methyl sites for hydroxylation is 1. The highest BCUT2D eigenvalue weighted by Crippen LogP contribution is 2.30. The highest BCUT2D eigenvalue weighted by molar-refractivity contribution is 7.89. The summed E-state index contributed by atoms with van der Waals surface area (Å²) in [5.74, 6) is -2.23. The Balaban J connectivity index is 2.51. The van der Waals surface area contributed by atoms with Crippen molar-refractivity contribution in [3.8, 4) is 0 Å². The molecule has 0 radical (unpaired) electrons. The van der Waals surface area contributed by atoms with Crippen molar-refractivity contribution < 1.29 is 27.5 Å². The van der Waals surface area contributed by atoms with E-state index in [1.54, 1.807) is 0 Å². The largest absolute Gasteiger partial charge is 0.475 e. The number of carbonyl (C=O) groups is 2. The van der Waals surface area contributed by atoms with Gasteiger partial charge in [0.2, 0.25) is 21.7 Å². The third-order valence-electron chi connectivity index (χ3n) is 3.43. The number of furan rings is 1. The van der Waals surface area contributed by atoms with Crippen molar-refractivity contribution in [2.24, 2.45) is 0 Å². The summed E-state index contributed by atoms with van der Waals surface area (Å²) in [5, 5.41) is 11.5. The zero-order valence-corrected chi connectivity index (χ0v) is 12.7. The van der Waals surface area contributed by atoms with Gasteiger partial charge in [0.05, 0.1) is 0 Å². The Labute approximate surface area is 121 Å². The SMILES string of the molecule is Cc1oc(C(=O)O)cc1S(=O)(=O)N1CCNC(=O)C1(C)C. The van der Waals surface area contributed by atoms with Gasteiger partial charge in [0.25, 0.3) is 0 Å². The summed E-state index contributed by atoms with van der Waals surface area (Å²) in [4.78, 5) is 22.5. The van der Waals surface area contributed by atoms with Crippen LogP contribution in [0.4, 0.5) is 0 Å². The minimum Gasteiger partial charge on any atom is -0.475 e. The van der Waals surface area contributed by atoms with Gasteiger partial charge in [-0.05, 0) is 20.8 Å². The van der Waals surface area contributed by atoms with Gasteiger partial charge < -0.3 is 14.8 Å². The Morgan fingerprint density at radius 2 is 2.10 bits per heavy atom. The Morgan fingerprint density at radius 3 is 2.62 bits per heavy atom. The number of nitrogens with zero attached hydrogens (tertiary/aromatic N) is 1. The molecule has 0 atom stereocenters. The molecule has 8 nitrogen and oxygen atoms in total. The number of hydrogen-bond donors (Lipinski definition) is 2. The number of hydrogen-bond acceptors (Lipinski definition) is 5. The Bertz CT molecular complexity index is 703. The highest BCUT2D eigenvalue weighted by atomic mass is 32.2. The number of nitrogens with one attached hydrogen (secondary N) is 1. The van der Waals surface area contributed by atoms with E-state index >= 15 is 0 Å². The minimum absolute atomic E-state index is 0.0193. The first-order valence-electron chi connectivity index (χ1n) is 6.23. The molecule has 1 amide bonds. The van der Waals surface area contributed by atoms with Crippen molar-refractivity contribution in [1.29, 1.82) is 0 Å². The fourth-order valence-corrected chi connectivity index (χ4v) is 4.16. The van der Waals surface area contributed by atoms with E-state index < -0.39 is 33.2 Å². The first-order chi connectivity index (χ1) is 9.58. The first-order valence-corrected chi connectivity index (χ1v) is 7.67. The molecule has 1 aromatic rings. The van der Waals surface area contributed by atoms with Gasteiger partial charge in [0, 0.05) is 19.2 Å². The van der Waals surface area contributed by atoms with Crippen LogP contribution in [0, 0.1) is 6.92 Å². The second kappa shape index (κ2) is 4.85. The van der Waals surface area contributed by atoms with E-state index in [1.807, 2.05) is 0 Å². The third-order valence-corrected chi connectivity index (χ3v) is 5.61. The first kappa shape index (κ1) is 15.5. The Hall–Kier alpha value is -1.87. The molecule has 1 aliphatic heterocycles. The van der Waals surface area contributed by atoms with Crippen LogP contribution in [0.2, 0.25) is 0 Å². The molecular formula is C12H16N2O6S. The van der Waals surface area contributed by atoms with Crippen LogP contribution in [0.15, 0.2) is 15.4 Å². The maximum atomic E-state index is 12.7. The van der Waals surface area contributed by atoms with Gasteiger partial charge in [0.1, 0.15) is 16.2 Å². The topological polar surface area (TPSA) is 117 Å². The molecule has 0 unspecified atom stereocenters. The predicted octanol–water partition coefficient (Wildman–Crippen LogP) is 0.185. The van der Waals surface area contributed by atoms with Crippen molar-refractivity contribution >= 4 is 21.9 Å². The Morgan fingerprint density at radius 1 is 1.48 bits per heavy atom. The molecule has 9 heteroatoms. The van der Waals surface area contributed by atoms with E-state index in [9.17, 15) is 18.0 Å². The number of amides is 1. The normalized spacial score (nSPS) is 19.3. The van der Waals surface area contributed by atoms with Gasteiger partial charge >= 0.3 is 5.97 Å². The van der Waals surface area contributed by atoms with Crippen LogP contribution in [0.25, 0.3) is 0 Å².